The van der Waals surface area contributed by atoms with Crippen LogP contribution in [0.5, 0.6) is 0 Å². The molecule has 1 amide bonds. The van der Waals surface area contributed by atoms with Gasteiger partial charge in [-0.2, -0.15) is 0 Å². The molecule has 4 heteroatoms. The summed E-state index contributed by atoms with van der Waals surface area (Å²) < 4.78 is 13.0. The average molecular weight is 265 g/mol. The van der Waals surface area contributed by atoms with E-state index in [0.717, 1.165) is 31.2 Å². The third-order valence-electron chi connectivity index (χ3n) is 4.03. The van der Waals surface area contributed by atoms with E-state index in [1.54, 1.807) is 0 Å². The molecule has 1 aromatic carbocycles. The largest absolute Gasteiger partial charge is 0.387 e. The summed E-state index contributed by atoms with van der Waals surface area (Å²) in [5.41, 5.74) is 0.961. The predicted molar refractivity (Wildman–Crippen MR) is 71.3 cm³/mol. The molecule has 1 aliphatic rings. The minimum atomic E-state index is -0.487. The molecule has 104 valence electrons. The van der Waals surface area contributed by atoms with E-state index in [9.17, 15) is 9.18 Å². The van der Waals surface area contributed by atoms with E-state index in [0.29, 0.717) is 6.54 Å². The van der Waals surface area contributed by atoms with Crippen molar-refractivity contribution < 1.29 is 14.3 Å². The monoisotopic (exact) mass is 265 g/mol. The summed E-state index contributed by atoms with van der Waals surface area (Å²) in [5, 5.41) is 11.6. The Morgan fingerprint density at radius 1 is 1.21 bits per heavy atom. The standard InChI is InChI=1S/C15H20FNO2/c16-13-6-4-12(5-7-13)15(8-2-1-3-9-15)11-17-14(19)10-18/h4-7,18H,1-3,8-11H2,(H,17,19). The summed E-state index contributed by atoms with van der Waals surface area (Å²) in [6.07, 6.45) is 5.42. The lowest BCUT2D eigenvalue weighted by atomic mass is 9.69. The lowest BCUT2D eigenvalue weighted by Crippen LogP contribution is -2.43. The maximum absolute atomic E-state index is 13.0. The Labute approximate surface area is 112 Å². The van der Waals surface area contributed by atoms with Crippen LogP contribution in [-0.4, -0.2) is 24.2 Å². The highest BCUT2D eigenvalue weighted by Gasteiger charge is 2.34. The quantitative estimate of drug-likeness (QED) is 0.876. The molecule has 1 aromatic rings. The predicted octanol–water partition coefficient (Wildman–Crippen LogP) is 2.14. The fourth-order valence-corrected chi connectivity index (χ4v) is 2.92. The molecular formula is C15H20FNO2. The van der Waals surface area contributed by atoms with Crippen LogP contribution in [0.4, 0.5) is 4.39 Å². The molecule has 0 aliphatic heterocycles. The third-order valence-corrected chi connectivity index (χ3v) is 4.03. The van der Waals surface area contributed by atoms with Crippen LogP contribution in [0.15, 0.2) is 24.3 Å². The van der Waals surface area contributed by atoms with Gasteiger partial charge < -0.3 is 10.4 Å². The topological polar surface area (TPSA) is 49.3 Å². The summed E-state index contributed by atoms with van der Waals surface area (Å²) in [5.74, 6) is -0.596. The van der Waals surface area contributed by atoms with E-state index in [-0.39, 0.29) is 17.1 Å². The van der Waals surface area contributed by atoms with Gasteiger partial charge in [0.2, 0.25) is 5.91 Å². The number of hydrogen-bond acceptors (Lipinski definition) is 2. The molecule has 2 rings (SSSR count). The molecule has 0 radical (unpaired) electrons. The van der Waals surface area contributed by atoms with E-state index < -0.39 is 6.61 Å². The Hall–Kier alpha value is -1.42. The van der Waals surface area contributed by atoms with Gasteiger partial charge in [0.1, 0.15) is 12.4 Å². The van der Waals surface area contributed by atoms with Crippen LogP contribution in [0, 0.1) is 5.82 Å². The number of amides is 1. The number of aliphatic hydroxyl groups excluding tert-OH is 1. The second-order valence-electron chi connectivity index (χ2n) is 5.28. The first-order valence-electron chi connectivity index (χ1n) is 6.80. The molecule has 0 heterocycles. The maximum Gasteiger partial charge on any atom is 0.245 e. The lowest BCUT2D eigenvalue weighted by molar-refractivity contribution is -0.124. The second kappa shape index (κ2) is 6.15. The average Bonchev–Trinajstić information content (AvgIpc) is 2.46. The van der Waals surface area contributed by atoms with Gasteiger partial charge in [0.15, 0.2) is 0 Å². The molecule has 0 spiro atoms. The van der Waals surface area contributed by atoms with Gasteiger partial charge in [-0.3, -0.25) is 4.79 Å². The first kappa shape index (κ1) is 14.0. The van der Waals surface area contributed by atoms with Crippen molar-refractivity contribution in [2.45, 2.75) is 37.5 Å². The van der Waals surface area contributed by atoms with Gasteiger partial charge in [-0.15, -0.1) is 0 Å². The van der Waals surface area contributed by atoms with Crippen molar-refractivity contribution in [2.24, 2.45) is 0 Å². The number of halogens is 1. The molecule has 1 aliphatic carbocycles. The third kappa shape index (κ3) is 3.32. The zero-order valence-electron chi connectivity index (χ0n) is 11.0. The van der Waals surface area contributed by atoms with Gasteiger partial charge >= 0.3 is 0 Å². The minimum Gasteiger partial charge on any atom is -0.387 e. The van der Waals surface area contributed by atoms with Crippen molar-refractivity contribution in [1.82, 2.24) is 5.32 Å². The molecule has 0 atom stereocenters. The van der Waals surface area contributed by atoms with E-state index >= 15 is 0 Å². The molecular weight excluding hydrogens is 245 g/mol. The zero-order chi connectivity index (χ0) is 13.7. The molecule has 0 aromatic heterocycles. The molecule has 1 fully saturated rings. The highest BCUT2D eigenvalue weighted by molar-refractivity contribution is 5.77. The van der Waals surface area contributed by atoms with Crippen LogP contribution in [0.2, 0.25) is 0 Å². The SMILES string of the molecule is O=C(CO)NCC1(c2ccc(F)cc2)CCCCC1. The van der Waals surface area contributed by atoms with Crippen LogP contribution in [0.3, 0.4) is 0 Å². The Balaban J connectivity index is 2.18. The van der Waals surface area contributed by atoms with Crippen molar-refractivity contribution >= 4 is 5.91 Å². The van der Waals surface area contributed by atoms with Crippen molar-refractivity contribution in [1.29, 1.82) is 0 Å². The van der Waals surface area contributed by atoms with Crippen LogP contribution >= 0.6 is 0 Å². The smallest absolute Gasteiger partial charge is 0.245 e. The molecule has 2 N–H and O–H groups in total. The molecule has 0 unspecified atom stereocenters. The van der Waals surface area contributed by atoms with Crippen LogP contribution < -0.4 is 5.32 Å². The molecule has 0 saturated heterocycles. The Morgan fingerprint density at radius 3 is 2.42 bits per heavy atom. The van der Waals surface area contributed by atoms with Crippen LogP contribution in [0.1, 0.15) is 37.7 Å². The normalized spacial score (nSPS) is 18.0. The first-order valence-corrected chi connectivity index (χ1v) is 6.80. The van der Waals surface area contributed by atoms with E-state index in [1.807, 2.05) is 12.1 Å². The van der Waals surface area contributed by atoms with Crippen LogP contribution in [-0.2, 0) is 10.2 Å². The van der Waals surface area contributed by atoms with Crippen molar-refractivity contribution in [3.63, 3.8) is 0 Å². The summed E-state index contributed by atoms with van der Waals surface area (Å²) >= 11 is 0. The number of carbonyl (C=O) groups excluding carboxylic acids is 1. The van der Waals surface area contributed by atoms with Crippen LogP contribution in [0.25, 0.3) is 0 Å². The van der Waals surface area contributed by atoms with Crippen molar-refractivity contribution in [2.75, 3.05) is 13.2 Å². The van der Waals surface area contributed by atoms with Gasteiger partial charge in [-0.05, 0) is 30.5 Å². The van der Waals surface area contributed by atoms with Gasteiger partial charge in [-0.25, -0.2) is 4.39 Å². The summed E-state index contributed by atoms with van der Waals surface area (Å²) in [7, 11) is 0. The summed E-state index contributed by atoms with van der Waals surface area (Å²) in [6.45, 7) is 0.0253. The number of benzene rings is 1. The highest BCUT2D eigenvalue weighted by atomic mass is 19.1. The van der Waals surface area contributed by atoms with E-state index in [1.165, 1.54) is 18.6 Å². The molecule has 0 bridgehead atoms. The van der Waals surface area contributed by atoms with Crippen molar-refractivity contribution in [3.8, 4) is 0 Å². The van der Waals surface area contributed by atoms with E-state index in [2.05, 4.69) is 5.32 Å². The Bertz CT molecular complexity index is 424. The second-order valence-corrected chi connectivity index (χ2v) is 5.28. The summed E-state index contributed by atoms with van der Waals surface area (Å²) in [4.78, 5) is 11.3. The fourth-order valence-electron chi connectivity index (χ4n) is 2.92. The number of nitrogens with one attached hydrogen (secondary N) is 1. The van der Waals surface area contributed by atoms with Gasteiger partial charge in [0, 0.05) is 12.0 Å². The Morgan fingerprint density at radius 2 is 1.84 bits per heavy atom. The maximum atomic E-state index is 13.0. The van der Waals surface area contributed by atoms with E-state index in [4.69, 9.17) is 5.11 Å². The first-order chi connectivity index (χ1) is 9.16. The van der Waals surface area contributed by atoms with Crippen molar-refractivity contribution in [3.05, 3.63) is 35.6 Å². The minimum absolute atomic E-state index is 0.114. The Kier molecular flexibility index (Phi) is 4.53. The summed E-state index contributed by atoms with van der Waals surface area (Å²) in [6, 6.07) is 6.57. The van der Waals surface area contributed by atoms with Gasteiger partial charge in [-0.1, -0.05) is 31.4 Å². The zero-order valence-corrected chi connectivity index (χ0v) is 11.0. The molecule has 19 heavy (non-hydrogen) atoms. The number of aliphatic hydroxyl groups is 1. The molecule has 3 nitrogen and oxygen atoms in total. The number of rotatable bonds is 4. The molecule has 1 saturated carbocycles. The lowest BCUT2D eigenvalue weighted by Gasteiger charge is -2.38. The highest BCUT2D eigenvalue weighted by Crippen LogP contribution is 2.39. The van der Waals surface area contributed by atoms with Gasteiger partial charge in [0.05, 0.1) is 0 Å². The van der Waals surface area contributed by atoms with Gasteiger partial charge in [0.25, 0.3) is 0 Å². The number of hydrogen-bond donors (Lipinski definition) is 2. The number of carbonyl (C=O) groups is 1. The fraction of sp³-hybridized carbons (Fsp3) is 0.533.